The minimum Gasteiger partial charge on any atom is -0.206 e. The molecule has 1 nitrogen and oxygen atoms in total. The SMILES string of the molecule is N#CCc1ccc(F)c(Br)c1I. The molecule has 0 saturated heterocycles. The van der Waals surface area contributed by atoms with E-state index in [0.29, 0.717) is 10.9 Å². The first-order valence-electron chi connectivity index (χ1n) is 3.16. The highest BCUT2D eigenvalue weighted by atomic mass is 127. The second-order valence-corrected chi connectivity index (χ2v) is 4.04. The second kappa shape index (κ2) is 4.19. The van der Waals surface area contributed by atoms with Crippen molar-refractivity contribution in [2.45, 2.75) is 6.42 Å². The maximum Gasteiger partial charge on any atom is 0.138 e. The number of halogens is 3. The van der Waals surface area contributed by atoms with E-state index in [1.165, 1.54) is 6.07 Å². The summed E-state index contributed by atoms with van der Waals surface area (Å²) in [7, 11) is 0. The van der Waals surface area contributed by atoms with Gasteiger partial charge in [0.2, 0.25) is 0 Å². The van der Waals surface area contributed by atoms with Crippen LogP contribution in [0.25, 0.3) is 0 Å². The Kier molecular flexibility index (Phi) is 3.47. The van der Waals surface area contributed by atoms with Crippen molar-refractivity contribution in [3.8, 4) is 6.07 Å². The number of hydrogen-bond acceptors (Lipinski definition) is 1. The van der Waals surface area contributed by atoms with E-state index in [1.54, 1.807) is 6.07 Å². The smallest absolute Gasteiger partial charge is 0.138 e. The van der Waals surface area contributed by atoms with Gasteiger partial charge in [-0.1, -0.05) is 6.07 Å². The zero-order valence-corrected chi connectivity index (χ0v) is 9.69. The minimum atomic E-state index is -0.291. The Bertz CT molecular complexity index is 346. The average Bonchev–Trinajstić information content (AvgIpc) is 2.07. The molecular formula is C8H4BrFIN. The van der Waals surface area contributed by atoms with E-state index < -0.39 is 0 Å². The van der Waals surface area contributed by atoms with Crippen LogP contribution < -0.4 is 0 Å². The molecule has 0 N–H and O–H groups in total. The monoisotopic (exact) mass is 339 g/mol. The van der Waals surface area contributed by atoms with Crippen molar-refractivity contribution in [1.82, 2.24) is 0 Å². The molecule has 0 bridgehead atoms. The van der Waals surface area contributed by atoms with E-state index in [9.17, 15) is 4.39 Å². The zero-order valence-electron chi connectivity index (χ0n) is 5.94. The largest absolute Gasteiger partial charge is 0.206 e. The summed E-state index contributed by atoms with van der Waals surface area (Å²) >= 11 is 5.12. The van der Waals surface area contributed by atoms with Crippen LogP contribution in [0.3, 0.4) is 0 Å². The van der Waals surface area contributed by atoms with Gasteiger partial charge in [-0.05, 0) is 50.2 Å². The fraction of sp³-hybridized carbons (Fsp3) is 0.125. The lowest BCUT2D eigenvalue weighted by Crippen LogP contribution is -1.90. The molecule has 0 spiro atoms. The third kappa shape index (κ3) is 1.96. The van der Waals surface area contributed by atoms with E-state index in [-0.39, 0.29) is 5.82 Å². The molecule has 0 saturated carbocycles. The summed E-state index contributed by atoms with van der Waals surface area (Å²) in [5.74, 6) is -0.291. The molecule has 0 aliphatic carbocycles. The van der Waals surface area contributed by atoms with E-state index in [4.69, 9.17) is 5.26 Å². The third-order valence-corrected chi connectivity index (χ3v) is 4.13. The van der Waals surface area contributed by atoms with Crippen LogP contribution in [-0.4, -0.2) is 0 Å². The van der Waals surface area contributed by atoms with Crippen LogP contribution in [0.15, 0.2) is 16.6 Å². The molecule has 0 aliphatic heterocycles. The quantitative estimate of drug-likeness (QED) is 0.569. The van der Waals surface area contributed by atoms with Crippen molar-refractivity contribution in [2.75, 3.05) is 0 Å². The second-order valence-electron chi connectivity index (χ2n) is 2.17. The van der Waals surface area contributed by atoms with E-state index >= 15 is 0 Å². The van der Waals surface area contributed by atoms with Crippen LogP contribution in [0.1, 0.15) is 5.56 Å². The van der Waals surface area contributed by atoms with Crippen molar-refractivity contribution in [3.63, 3.8) is 0 Å². The van der Waals surface area contributed by atoms with Gasteiger partial charge in [0.15, 0.2) is 0 Å². The van der Waals surface area contributed by atoms with Gasteiger partial charge in [-0.3, -0.25) is 0 Å². The van der Waals surface area contributed by atoms with Gasteiger partial charge in [0, 0.05) is 3.57 Å². The number of nitriles is 1. The Labute approximate surface area is 91.8 Å². The van der Waals surface area contributed by atoms with Gasteiger partial charge >= 0.3 is 0 Å². The van der Waals surface area contributed by atoms with Crippen molar-refractivity contribution in [3.05, 3.63) is 31.6 Å². The molecule has 1 aromatic carbocycles. The summed E-state index contributed by atoms with van der Waals surface area (Å²) in [6.07, 6.45) is 0.317. The first kappa shape index (κ1) is 9.93. The van der Waals surface area contributed by atoms with Crippen LogP contribution >= 0.6 is 38.5 Å². The van der Waals surface area contributed by atoms with Crippen LogP contribution in [0, 0.1) is 20.7 Å². The Balaban J connectivity index is 3.19. The average molecular weight is 340 g/mol. The summed E-state index contributed by atoms with van der Waals surface area (Å²) in [5, 5.41) is 8.44. The van der Waals surface area contributed by atoms with Crippen LogP contribution in [-0.2, 0) is 6.42 Å². The molecule has 0 aliphatic rings. The molecule has 0 fully saturated rings. The molecule has 4 heteroatoms. The summed E-state index contributed by atoms with van der Waals surface area (Å²) in [6, 6.07) is 5.01. The Hall–Kier alpha value is -0.150. The van der Waals surface area contributed by atoms with Crippen LogP contribution in [0.4, 0.5) is 4.39 Å². The van der Waals surface area contributed by atoms with Gasteiger partial charge in [-0.15, -0.1) is 0 Å². The van der Waals surface area contributed by atoms with Gasteiger partial charge in [-0.25, -0.2) is 4.39 Å². The molecule has 0 unspecified atom stereocenters. The van der Waals surface area contributed by atoms with Gasteiger partial charge in [0.1, 0.15) is 5.82 Å². The number of hydrogen-bond donors (Lipinski definition) is 0. The Morgan fingerprint density at radius 2 is 2.25 bits per heavy atom. The van der Waals surface area contributed by atoms with Crippen molar-refractivity contribution >= 4 is 38.5 Å². The van der Waals surface area contributed by atoms with Crippen molar-refractivity contribution in [2.24, 2.45) is 0 Å². The molecule has 0 heterocycles. The van der Waals surface area contributed by atoms with E-state index in [2.05, 4.69) is 15.9 Å². The maximum atomic E-state index is 12.9. The van der Waals surface area contributed by atoms with Crippen LogP contribution in [0.2, 0.25) is 0 Å². The molecule has 1 aromatic rings. The normalized spacial score (nSPS) is 9.50. The van der Waals surface area contributed by atoms with Gasteiger partial charge in [-0.2, -0.15) is 5.26 Å². The molecule has 62 valence electrons. The number of benzene rings is 1. The lowest BCUT2D eigenvalue weighted by molar-refractivity contribution is 0.619. The van der Waals surface area contributed by atoms with Gasteiger partial charge < -0.3 is 0 Å². The van der Waals surface area contributed by atoms with E-state index in [0.717, 1.165) is 9.13 Å². The summed E-state index contributed by atoms with van der Waals surface area (Å²) < 4.78 is 14.1. The maximum absolute atomic E-state index is 12.9. The predicted octanol–water partition coefficient (Wildman–Crippen LogP) is 3.26. The molecule has 0 amide bonds. The number of nitrogens with zero attached hydrogens (tertiary/aromatic N) is 1. The summed E-state index contributed by atoms with van der Waals surface area (Å²) in [6.45, 7) is 0. The summed E-state index contributed by atoms with van der Waals surface area (Å²) in [4.78, 5) is 0. The van der Waals surface area contributed by atoms with Crippen molar-refractivity contribution < 1.29 is 4.39 Å². The lowest BCUT2D eigenvalue weighted by atomic mass is 10.2. The molecule has 12 heavy (non-hydrogen) atoms. The summed E-state index contributed by atoms with van der Waals surface area (Å²) in [5.41, 5.74) is 0.853. The number of rotatable bonds is 1. The highest BCUT2D eigenvalue weighted by molar-refractivity contribution is 14.1. The molecule has 0 atom stereocenters. The topological polar surface area (TPSA) is 23.8 Å². The zero-order chi connectivity index (χ0) is 9.14. The highest BCUT2D eigenvalue weighted by Crippen LogP contribution is 2.25. The molecule has 1 rings (SSSR count). The minimum absolute atomic E-state index is 0.291. The Morgan fingerprint density at radius 3 is 2.83 bits per heavy atom. The van der Waals surface area contributed by atoms with Gasteiger partial charge in [0.05, 0.1) is 17.0 Å². The fourth-order valence-electron chi connectivity index (χ4n) is 0.788. The highest BCUT2D eigenvalue weighted by Gasteiger charge is 2.07. The fourth-order valence-corrected chi connectivity index (χ4v) is 1.80. The first-order valence-corrected chi connectivity index (χ1v) is 5.03. The molecular weight excluding hydrogens is 336 g/mol. The standard InChI is InChI=1S/C8H4BrFIN/c9-7-6(10)2-1-5(3-4-12)8(7)11/h1-2H,3H2. The molecule has 0 aromatic heterocycles. The Morgan fingerprint density at radius 1 is 1.58 bits per heavy atom. The van der Waals surface area contributed by atoms with E-state index in [1.807, 2.05) is 28.7 Å². The third-order valence-electron chi connectivity index (χ3n) is 1.38. The molecule has 0 radical (unpaired) electrons. The first-order chi connectivity index (χ1) is 5.66. The van der Waals surface area contributed by atoms with Gasteiger partial charge in [0.25, 0.3) is 0 Å². The van der Waals surface area contributed by atoms with Crippen LogP contribution in [0.5, 0.6) is 0 Å². The van der Waals surface area contributed by atoms with Crippen molar-refractivity contribution in [1.29, 1.82) is 5.26 Å². The predicted molar refractivity (Wildman–Crippen MR) is 56.1 cm³/mol. The lowest BCUT2D eigenvalue weighted by Gasteiger charge is -2.02.